The highest BCUT2D eigenvalue weighted by Gasteiger charge is 2.22. The van der Waals surface area contributed by atoms with Gasteiger partial charge >= 0.3 is 0 Å². The number of rotatable bonds is 6. The fourth-order valence-electron chi connectivity index (χ4n) is 2.81. The molecule has 2 N–H and O–H groups in total. The summed E-state index contributed by atoms with van der Waals surface area (Å²) in [6, 6.07) is 3.53. The Labute approximate surface area is 129 Å². The molecule has 0 atom stereocenters. The second-order valence-corrected chi connectivity index (χ2v) is 5.62. The van der Waals surface area contributed by atoms with Gasteiger partial charge in [-0.3, -0.25) is 9.69 Å². The van der Waals surface area contributed by atoms with Crippen molar-refractivity contribution in [3.8, 4) is 0 Å². The lowest BCUT2D eigenvalue weighted by Gasteiger charge is -2.34. The van der Waals surface area contributed by atoms with Crippen LogP contribution < -0.4 is 10.6 Å². The molecule has 2 rings (SSSR count). The highest BCUT2D eigenvalue weighted by molar-refractivity contribution is 5.92. The van der Waals surface area contributed by atoms with Crippen LogP contribution >= 0.6 is 0 Å². The zero-order valence-corrected chi connectivity index (χ0v) is 12.9. The lowest BCUT2D eigenvalue weighted by molar-refractivity contribution is -0.118. The summed E-state index contributed by atoms with van der Waals surface area (Å²) in [7, 11) is 0. The van der Waals surface area contributed by atoms with Crippen LogP contribution in [-0.2, 0) is 4.79 Å². The van der Waals surface area contributed by atoms with E-state index in [2.05, 4.69) is 22.5 Å². The van der Waals surface area contributed by atoms with E-state index in [4.69, 9.17) is 0 Å². The quantitative estimate of drug-likeness (QED) is 0.848. The van der Waals surface area contributed by atoms with Crippen molar-refractivity contribution in [2.45, 2.75) is 32.2 Å². The van der Waals surface area contributed by atoms with Crippen LogP contribution in [-0.4, -0.2) is 43.0 Å². The van der Waals surface area contributed by atoms with Crippen LogP contribution in [0.25, 0.3) is 0 Å². The van der Waals surface area contributed by atoms with Gasteiger partial charge < -0.3 is 10.6 Å². The maximum absolute atomic E-state index is 13.6. The van der Waals surface area contributed by atoms with Crippen LogP contribution in [0.1, 0.15) is 26.2 Å². The molecule has 4 nitrogen and oxygen atoms in total. The maximum atomic E-state index is 13.6. The van der Waals surface area contributed by atoms with Crippen LogP contribution in [0.3, 0.4) is 0 Å². The molecule has 122 valence electrons. The van der Waals surface area contributed by atoms with Crippen molar-refractivity contribution in [2.75, 3.05) is 31.5 Å². The Bertz CT molecular complexity index is 504. The van der Waals surface area contributed by atoms with Crippen molar-refractivity contribution in [1.29, 1.82) is 0 Å². The Kier molecular flexibility index (Phi) is 6.27. The van der Waals surface area contributed by atoms with Gasteiger partial charge in [0, 0.05) is 12.1 Å². The Balaban J connectivity index is 1.95. The Morgan fingerprint density at radius 1 is 1.36 bits per heavy atom. The molecule has 0 bridgehead atoms. The molecular weight excluding hydrogens is 288 g/mol. The molecule has 0 radical (unpaired) electrons. The second-order valence-electron chi connectivity index (χ2n) is 5.62. The fourth-order valence-corrected chi connectivity index (χ4v) is 2.81. The Morgan fingerprint density at radius 3 is 2.73 bits per heavy atom. The highest BCUT2D eigenvalue weighted by atomic mass is 19.1. The SMILES string of the molecule is CCCN(CC(=O)Nc1ccc(F)cc1F)C1CCNCC1. The standard InChI is InChI=1S/C16H23F2N3O/c1-2-9-21(13-5-7-19-8-6-13)11-16(22)20-15-4-3-12(17)10-14(15)18/h3-4,10,13,19H,2,5-9,11H2,1H3,(H,20,22). The van der Waals surface area contributed by atoms with Gasteiger partial charge in [-0.05, 0) is 51.0 Å². The number of nitrogens with one attached hydrogen (secondary N) is 2. The lowest BCUT2D eigenvalue weighted by atomic mass is 10.0. The number of carbonyl (C=O) groups is 1. The normalized spacial score (nSPS) is 16.0. The molecule has 22 heavy (non-hydrogen) atoms. The molecule has 1 amide bonds. The summed E-state index contributed by atoms with van der Waals surface area (Å²) in [4.78, 5) is 14.3. The monoisotopic (exact) mass is 311 g/mol. The molecule has 1 saturated heterocycles. The van der Waals surface area contributed by atoms with Crippen molar-refractivity contribution in [3.63, 3.8) is 0 Å². The molecule has 1 fully saturated rings. The van der Waals surface area contributed by atoms with Gasteiger partial charge in [-0.15, -0.1) is 0 Å². The molecule has 0 aliphatic carbocycles. The minimum absolute atomic E-state index is 0.0214. The molecule has 1 heterocycles. The van der Waals surface area contributed by atoms with Gasteiger partial charge in [-0.25, -0.2) is 8.78 Å². The van der Waals surface area contributed by atoms with E-state index in [0.29, 0.717) is 6.04 Å². The molecule has 6 heteroatoms. The van der Waals surface area contributed by atoms with Crippen molar-refractivity contribution >= 4 is 11.6 Å². The summed E-state index contributed by atoms with van der Waals surface area (Å²) < 4.78 is 26.4. The molecule has 1 aliphatic heterocycles. The summed E-state index contributed by atoms with van der Waals surface area (Å²) in [6.07, 6.45) is 2.98. The van der Waals surface area contributed by atoms with E-state index in [9.17, 15) is 13.6 Å². The van der Waals surface area contributed by atoms with E-state index >= 15 is 0 Å². The molecule has 1 aromatic rings. The first kappa shape index (κ1) is 16.8. The van der Waals surface area contributed by atoms with E-state index in [1.54, 1.807) is 0 Å². The van der Waals surface area contributed by atoms with Crippen LogP contribution in [0.4, 0.5) is 14.5 Å². The van der Waals surface area contributed by atoms with E-state index in [1.165, 1.54) is 6.07 Å². The number of hydrogen-bond acceptors (Lipinski definition) is 3. The Morgan fingerprint density at radius 2 is 2.09 bits per heavy atom. The van der Waals surface area contributed by atoms with E-state index in [-0.39, 0.29) is 18.1 Å². The number of benzene rings is 1. The predicted octanol–water partition coefficient (Wildman–Crippen LogP) is 2.37. The summed E-state index contributed by atoms with van der Waals surface area (Å²) in [5.41, 5.74) is 0.0214. The number of piperidine rings is 1. The van der Waals surface area contributed by atoms with Gasteiger partial charge in [-0.2, -0.15) is 0 Å². The number of amides is 1. The Hall–Kier alpha value is -1.53. The van der Waals surface area contributed by atoms with Crippen LogP contribution in [0.2, 0.25) is 0 Å². The minimum Gasteiger partial charge on any atom is -0.322 e. The molecule has 1 aromatic carbocycles. The molecule has 0 spiro atoms. The van der Waals surface area contributed by atoms with Crippen LogP contribution in [0.15, 0.2) is 18.2 Å². The fraction of sp³-hybridized carbons (Fsp3) is 0.562. The van der Waals surface area contributed by atoms with Crippen molar-refractivity contribution in [1.82, 2.24) is 10.2 Å². The third-order valence-electron chi connectivity index (χ3n) is 3.89. The second kappa shape index (κ2) is 8.19. The third-order valence-corrected chi connectivity index (χ3v) is 3.89. The van der Waals surface area contributed by atoms with E-state index < -0.39 is 11.6 Å². The predicted molar refractivity (Wildman–Crippen MR) is 82.7 cm³/mol. The van der Waals surface area contributed by atoms with E-state index in [0.717, 1.165) is 51.0 Å². The number of hydrogen-bond donors (Lipinski definition) is 2. The van der Waals surface area contributed by atoms with Crippen LogP contribution in [0, 0.1) is 11.6 Å². The first-order valence-electron chi connectivity index (χ1n) is 7.80. The highest BCUT2D eigenvalue weighted by Crippen LogP contribution is 2.16. The molecule has 0 saturated carbocycles. The third kappa shape index (κ3) is 4.74. The van der Waals surface area contributed by atoms with Crippen molar-refractivity contribution in [3.05, 3.63) is 29.8 Å². The summed E-state index contributed by atoms with van der Waals surface area (Å²) in [5, 5.41) is 5.83. The first-order valence-corrected chi connectivity index (χ1v) is 7.80. The van der Waals surface area contributed by atoms with Gasteiger partial charge in [-0.1, -0.05) is 6.92 Å². The van der Waals surface area contributed by atoms with E-state index in [1.807, 2.05) is 0 Å². The summed E-state index contributed by atoms with van der Waals surface area (Å²) in [6.45, 7) is 5.06. The summed E-state index contributed by atoms with van der Waals surface area (Å²) >= 11 is 0. The number of anilines is 1. The maximum Gasteiger partial charge on any atom is 0.238 e. The van der Waals surface area contributed by atoms with Crippen LogP contribution in [0.5, 0.6) is 0 Å². The number of halogens is 2. The molecule has 1 aliphatic rings. The summed E-state index contributed by atoms with van der Waals surface area (Å²) in [5.74, 6) is -1.67. The lowest BCUT2D eigenvalue weighted by Crippen LogP contribution is -2.46. The van der Waals surface area contributed by atoms with Crippen molar-refractivity contribution in [2.24, 2.45) is 0 Å². The van der Waals surface area contributed by atoms with Gasteiger partial charge in [0.1, 0.15) is 11.6 Å². The first-order chi connectivity index (χ1) is 10.6. The number of carbonyl (C=O) groups excluding carboxylic acids is 1. The minimum atomic E-state index is -0.753. The number of nitrogens with zero attached hydrogens (tertiary/aromatic N) is 1. The smallest absolute Gasteiger partial charge is 0.238 e. The average Bonchev–Trinajstić information content (AvgIpc) is 2.50. The van der Waals surface area contributed by atoms with Gasteiger partial charge in [0.15, 0.2) is 0 Å². The van der Waals surface area contributed by atoms with Gasteiger partial charge in [0.2, 0.25) is 5.91 Å². The molecule has 0 aromatic heterocycles. The largest absolute Gasteiger partial charge is 0.322 e. The average molecular weight is 311 g/mol. The van der Waals surface area contributed by atoms with Crippen molar-refractivity contribution < 1.29 is 13.6 Å². The topological polar surface area (TPSA) is 44.4 Å². The molecular formula is C16H23F2N3O. The zero-order chi connectivity index (χ0) is 15.9. The van der Waals surface area contributed by atoms with Gasteiger partial charge in [0.05, 0.1) is 12.2 Å². The van der Waals surface area contributed by atoms with Gasteiger partial charge in [0.25, 0.3) is 0 Å². The zero-order valence-electron chi connectivity index (χ0n) is 12.9. The molecule has 0 unspecified atom stereocenters.